The van der Waals surface area contributed by atoms with Crippen LogP contribution in [-0.2, 0) is 0 Å². The lowest BCUT2D eigenvalue weighted by Gasteiger charge is -2.29. The molecular weight excluding hydrogens is 262 g/mol. The number of benzene rings is 1. The molecule has 106 valence electrons. The molecule has 20 heavy (non-hydrogen) atoms. The van der Waals surface area contributed by atoms with Gasteiger partial charge in [-0.2, -0.15) is 5.10 Å². The molecule has 0 unspecified atom stereocenters. The second-order valence-electron chi connectivity index (χ2n) is 5.09. The molecule has 1 aliphatic rings. The van der Waals surface area contributed by atoms with Gasteiger partial charge in [0.1, 0.15) is 11.6 Å². The van der Waals surface area contributed by atoms with Crippen LogP contribution in [0.1, 0.15) is 12.8 Å². The van der Waals surface area contributed by atoms with Crippen molar-refractivity contribution in [3.63, 3.8) is 0 Å². The highest BCUT2D eigenvalue weighted by Gasteiger charge is 2.19. The normalized spacial score (nSPS) is 16.6. The van der Waals surface area contributed by atoms with E-state index < -0.39 is 11.6 Å². The lowest BCUT2D eigenvalue weighted by molar-refractivity contribution is 0.498. The van der Waals surface area contributed by atoms with Gasteiger partial charge in [-0.25, -0.2) is 8.78 Å². The zero-order valence-electron chi connectivity index (χ0n) is 10.9. The van der Waals surface area contributed by atoms with E-state index in [4.69, 9.17) is 5.73 Å². The van der Waals surface area contributed by atoms with E-state index in [1.54, 1.807) is 6.07 Å². The third-order valence-corrected chi connectivity index (χ3v) is 3.65. The van der Waals surface area contributed by atoms with Crippen LogP contribution >= 0.6 is 0 Å². The monoisotopic (exact) mass is 278 g/mol. The van der Waals surface area contributed by atoms with E-state index >= 15 is 0 Å². The van der Waals surface area contributed by atoms with Crippen molar-refractivity contribution in [2.75, 3.05) is 18.0 Å². The summed E-state index contributed by atoms with van der Waals surface area (Å²) in [5.41, 5.74) is 6.53. The van der Waals surface area contributed by atoms with E-state index in [1.165, 1.54) is 6.07 Å². The fourth-order valence-corrected chi connectivity index (χ4v) is 2.44. The molecule has 2 aromatic rings. The Hall–Kier alpha value is -1.95. The maximum atomic E-state index is 13.7. The van der Waals surface area contributed by atoms with Crippen LogP contribution in [-0.4, -0.2) is 29.3 Å². The van der Waals surface area contributed by atoms with Gasteiger partial charge < -0.3 is 10.6 Å². The van der Waals surface area contributed by atoms with Crippen LogP contribution in [0.3, 0.4) is 0 Å². The largest absolute Gasteiger partial charge is 0.355 e. The summed E-state index contributed by atoms with van der Waals surface area (Å²) in [6.45, 7) is 1.66. The predicted octanol–water partition coefficient (Wildman–Crippen LogP) is 2.28. The van der Waals surface area contributed by atoms with Gasteiger partial charge in [-0.1, -0.05) is 0 Å². The summed E-state index contributed by atoms with van der Waals surface area (Å²) in [7, 11) is 0. The zero-order valence-corrected chi connectivity index (χ0v) is 10.9. The highest BCUT2D eigenvalue weighted by atomic mass is 19.1. The molecule has 3 rings (SSSR count). The van der Waals surface area contributed by atoms with Gasteiger partial charge >= 0.3 is 0 Å². The molecule has 0 atom stereocenters. The summed E-state index contributed by atoms with van der Waals surface area (Å²) < 4.78 is 26.9. The minimum absolute atomic E-state index is 0.192. The fraction of sp³-hybridized carbons (Fsp3) is 0.357. The first-order chi connectivity index (χ1) is 9.63. The second kappa shape index (κ2) is 5.20. The third kappa shape index (κ3) is 2.51. The average molecular weight is 278 g/mol. The number of H-pyrrole nitrogens is 1. The molecule has 1 aromatic carbocycles. The van der Waals surface area contributed by atoms with Crippen molar-refractivity contribution in [2.45, 2.75) is 18.9 Å². The Bertz CT molecular complexity index is 603. The molecule has 2 heterocycles. The molecule has 0 spiro atoms. The van der Waals surface area contributed by atoms with Gasteiger partial charge in [-0.05, 0) is 31.0 Å². The highest BCUT2D eigenvalue weighted by Crippen LogP contribution is 2.26. The number of aromatic nitrogens is 2. The first kappa shape index (κ1) is 13.1. The molecule has 0 radical (unpaired) electrons. The van der Waals surface area contributed by atoms with E-state index in [9.17, 15) is 8.78 Å². The Labute approximate surface area is 115 Å². The Morgan fingerprint density at radius 1 is 1.20 bits per heavy atom. The maximum absolute atomic E-state index is 13.7. The van der Waals surface area contributed by atoms with Crippen molar-refractivity contribution in [3.05, 3.63) is 35.9 Å². The van der Waals surface area contributed by atoms with Crippen molar-refractivity contribution in [1.29, 1.82) is 0 Å². The lowest BCUT2D eigenvalue weighted by Crippen LogP contribution is -2.39. The van der Waals surface area contributed by atoms with Crippen LogP contribution in [0.15, 0.2) is 24.3 Å². The smallest absolute Gasteiger partial charge is 0.150 e. The van der Waals surface area contributed by atoms with Crippen LogP contribution in [0, 0.1) is 11.6 Å². The number of aromatic amines is 1. The van der Waals surface area contributed by atoms with E-state index in [2.05, 4.69) is 15.1 Å². The zero-order chi connectivity index (χ0) is 14.1. The third-order valence-electron chi connectivity index (χ3n) is 3.65. The van der Waals surface area contributed by atoms with Gasteiger partial charge in [0.25, 0.3) is 0 Å². The topological polar surface area (TPSA) is 57.9 Å². The summed E-state index contributed by atoms with van der Waals surface area (Å²) in [4.78, 5) is 2.10. The van der Waals surface area contributed by atoms with Crippen molar-refractivity contribution in [2.24, 2.45) is 5.73 Å². The second-order valence-corrected chi connectivity index (χ2v) is 5.09. The number of nitrogens with zero attached hydrogens (tertiary/aromatic N) is 2. The van der Waals surface area contributed by atoms with Crippen LogP contribution in [0.2, 0.25) is 0 Å². The van der Waals surface area contributed by atoms with E-state index in [0.29, 0.717) is 5.69 Å². The summed E-state index contributed by atoms with van der Waals surface area (Å²) in [5.74, 6) is -0.195. The number of piperidine rings is 1. The minimum atomic E-state index is -0.471. The molecular formula is C14H16F2N4. The maximum Gasteiger partial charge on any atom is 0.150 e. The van der Waals surface area contributed by atoms with Crippen molar-refractivity contribution < 1.29 is 8.78 Å². The molecule has 0 amide bonds. The fourth-order valence-electron chi connectivity index (χ4n) is 2.44. The average Bonchev–Trinajstić information content (AvgIpc) is 2.92. The molecule has 0 bridgehead atoms. The summed E-state index contributed by atoms with van der Waals surface area (Å²) in [6, 6.07) is 5.37. The minimum Gasteiger partial charge on any atom is -0.355 e. The first-order valence-corrected chi connectivity index (χ1v) is 6.65. The van der Waals surface area contributed by atoms with Gasteiger partial charge in [0.2, 0.25) is 0 Å². The lowest BCUT2D eigenvalue weighted by atomic mass is 10.1. The summed E-state index contributed by atoms with van der Waals surface area (Å²) >= 11 is 0. The number of anilines is 1. The van der Waals surface area contributed by atoms with Crippen LogP contribution < -0.4 is 10.6 Å². The molecule has 1 saturated heterocycles. The van der Waals surface area contributed by atoms with Crippen molar-refractivity contribution >= 4 is 5.82 Å². The van der Waals surface area contributed by atoms with Gasteiger partial charge in [-0.15, -0.1) is 0 Å². The van der Waals surface area contributed by atoms with Crippen LogP contribution in [0.25, 0.3) is 11.3 Å². The number of rotatable bonds is 2. The van der Waals surface area contributed by atoms with Crippen LogP contribution in [0.4, 0.5) is 14.6 Å². The Kier molecular flexibility index (Phi) is 3.40. The molecule has 0 aliphatic carbocycles. The quantitative estimate of drug-likeness (QED) is 0.886. The van der Waals surface area contributed by atoms with Crippen molar-refractivity contribution in [3.8, 4) is 11.3 Å². The molecule has 1 aromatic heterocycles. The van der Waals surface area contributed by atoms with Gasteiger partial charge in [0, 0.05) is 30.8 Å². The summed E-state index contributed by atoms with van der Waals surface area (Å²) in [5, 5.41) is 6.95. The van der Waals surface area contributed by atoms with E-state index in [1.807, 2.05) is 0 Å². The molecule has 1 aliphatic heterocycles. The number of nitrogens with one attached hydrogen (secondary N) is 1. The molecule has 3 N–H and O–H groups in total. The van der Waals surface area contributed by atoms with Crippen LogP contribution in [0.5, 0.6) is 0 Å². The Morgan fingerprint density at radius 2 is 1.95 bits per heavy atom. The molecule has 0 saturated carbocycles. The number of halogens is 2. The van der Waals surface area contributed by atoms with Gasteiger partial charge in [0.15, 0.2) is 5.82 Å². The van der Waals surface area contributed by atoms with Crippen molar-refractivity contribution in [1.82, 2.24) is 10.2 Å². The number of hydrogen-bond donors (Lipinski definition) is 2. The molecule has 1 fully saturated rings. The van der Waals surface area contributed by atoms with E-state index in [0.717, 1.165) is 43.9 Å². The molecule has 6 heteroatoms. The van der Waals surface area contributed by atoms with Gasteiger partial charge in [-0.3, -0.25) is 5.10 Å². The molecule has 4 nitrogen and oxygen atoms in total. The first-order valence-electron chi connectivity index (χ1n) is 6.65. The Balaban J connectivity index is 1.85. The number of nitrogens with two attached hydrogens (primary N) is 1. The van der Waals surface area contributed by atoms with Gasteiger partial charge in [0.05, 0.1) is 5.69 Å². The number of hydrogen-bond acceptors (Lipinski definition) is 3. The Morgan fingerprint density at radius 3 is 2.70 bits per heavy atom. The highest BCUT2D eigenvalue weighted by molar-refractivity contribution is 5.64. The summed E-state index contributed by atoms with van der Waals surface area (Å²) in [6.07, 6.45) is 1.83. The standard InChI is InChI=1S/C14H16F2N4/c15-9-1-2-12(16)11(7-9)13-8-14(19-18-13)20-5-3-10(17)4-6-20/h1-2,7-8,10H,3-6,17H2,(H,18,19). The predicted molar refractivity (Wildman–Crippen MR) is 73.4 cm³/mol. The van der Waals surface area contributed by atoms with E-state index in [-0.39, 0.29) is 11.6 Å². The SMILES string of the molecule is NC1CCN(c2cc(-c3cc(F)ccc3F)[nH]n2)CC1.